The lowest BCUT2D eigenvalue weighted by molar-refractivity contribution is 0.0694. The van der Waals surface area contributed by atoms with E-state index in [1.165, 1.54) is 6.20 Å². The van der Waals surface area contributed by atoms with Gasteiger partial charge in [-0.2, -0.15) is 0 Å². The van der Waals surface area contributed by atoms with Gasteiger partial charge >= 0.3 is 5.97 Å². The SMILES string of the molecule is CC(C)Cc1nc(Cl)ncc1C(=O)O. The molecule has 0 aliphatic rings. The van der Waals surface area contributed by atoms with Crippen LogP contribution in [-0.2, 0) is 6.42 Å². The molecule has 5 heteroatoms. The number of halogens is 1. The van der Waals surface area contributed by atoms with Gasteiger partial charge in [0.25, 0.3) is 0 Å². The van der Waals surface area contributed by atoms with Crippen molar-refractivity contribution >= 4 is 17.6 Å². The largest absolute Gasteiger partial charge is 0.478 e. The van der Waals surface area contributed by atoms with Crippen molar-refractivity contribution in [2.24, 2.45) is 5.92 Å². The van der Waals surface area contributed by atoms with E-state index in [0.29, 0.717) is 18.0 Å². The maximum Gasteiger partial charge on any atom is 0.339 e. The average Bonchev–Trinajstić information content (AvgIpc) is 2.01. The highest BCUT2D eigenvalue weighted by atomic mass is 35.5. The molecule has 1 aromatic rings. The predicted octanol–water partition coefficient (Wildman–Crippen LogP) is 2.03. The van der Waals surface area contributed by atoms with Gasteiger partial charge in [-0.1, -0.05) is 13.8 Å². The maximum absolute atomic E-state index is 10.8. The minimum absolute atomic E-state index is 0.0886. The van der Waals surface area contributed by atoms with Gasteiger partial charge in [-0.15, -0.1) is 0 Å². The van der Waals surface area contributed by atoms with Crippen LogP contribution in [-0.4, -0.2) is 21.0 Å². The Morgan fingerprint density at radius 1 is 1.64 bits per heavy atom. The molecular formula is C9H11ClN2O2. The summed E-state index contributed by atoms with van der Waals surface area (Å²) in [5.41, 5.74) is 0.621. The third-order valence-corrected chi connectivity index (χ3v) is 1.85. The van der Waals surface area contributed by atoms with Gasteiger partial charge in [-0.05, 0) is 23.9 Å². The van der Waals surface area contributed by atoms with Crippen LogP contribution in [0.25, 0.3) is 0 Å². The molecule has 0 aromatic carbocycles. The standard InChI is InChI=1S/C9H11ClN2O2/c1-5(2)3-7-6(8(13)14)4-11-9(10)12-7/h4-5H,3H2,1-2H3,(H,13,14). The fraction of sp³-hybridized carbons (Fsp3) is 0.444. The maximum atomic E-state index is 10.8. The molecule has 0 saturated heterocycles. The highest BCUT2D eigenvalue weighted by molar-refractivity contribution is 6.28. The second kappa shape index (κ2) is 4.37. The zero-order valence-corrected chi connectivity index (χ0v) is 8.75. The molecule has 0 spiro atoms. The summed E-state index contributed by atoms with van der Waals surface area (Å²) in [6, 6.07) is 0. The molecular weight excluding hydrogens is 204 g/mol. The molecule has 4 nitrogen and oxygen atoms in total. The number of rotatable bonds is 3. The lowest BCUT2D eigenvalue weighted by atomic mass is 10.0. The fourth-order valence-electron chi connectivity index (χ4n) is 1.11. The number of nitrogens with zero attached hydrogens (tertiary/aromatic N) is 2. The second-order valence-corrected chi connectivity index (χ2v) is 3.74. The Balaban J connectivity index is 3.09. The zero-order chi connectivity index (χ0) is 10.7. The van der Waals surface area contributed by atoms with Gasteiger partial charge in [0.1, 0.15) is 0 Å². The van der Waals surface area contributed by atoms with Gasteiger partial charge in [0.2, 0.25) is 5.28 Å². The molecule has 0 atom stereocenters. The monoisotopic (exact) mass is 214 g/mol. The summed E-state index contributed by atoms with van der Waals surface area (Å²) in [5.74, 6) is -0.684. The van der Waals surface area contributed by atoms with Gasteiger partial charge in [0, 0.05) is 6.20 Å². The summed E-state index contributed by atoms with van der Waals surface area (Å²) in [4.78, 5) is 18.3. The molecule has 0 fully saturated rings. The number of hydrogen-bond donors (Lipinski definition) is 1. The summed E-state index contributed by atoms with van der Waals surface area (Å²) >= 11 is 5.59. The molecule has 1 aromatic heterocycles. The van der Waals surface area contributed by atoms with E-state index in [2.05, 4.69) is 9.97 Å². The van der Waals surface area contributed by atoms with E-state index in [1.807, 2.05) is 13.8 Å². The van der Waals surface area contributed by atoms with Crippen molar-refractivity contribution in [3.8, 4) is 0 Å². The number of aromatic nitrogens is 2. The lowest BCUT2D eigenvalue weighted by Crippen LogP contribution is -2.08. The smallest absolute Gasteiger partial charge is 0.339 e. The van der Waals surface area contributed by atoms with Gasteiger partial charge in [0.05, 0.1) is 11.3 Å². The Morgan fingerprint density at radius 2 is 2.29 bits per heavy atom. The predicted molar refractivity (Wildman–Crippen MR) is 52.5 cm³/mol. The van der Waals surface area contributed by atoms with Crippen molar-refractivity contribution in [3.05, 3.63) is 22.7 Å². The number of hydrogen-bond acceptors (Lipinski definition) is 3. The third-order valence-electron chi connectivity index (χ3n) is 1.67. The number of carboxylic acids is 1. The number of carboxylic acid groups (broad SMARTS) is 1. The van der Waals surface area contributed by atoms with Crippen molar-refractivity contribution in [1.82, 2.24) is 9.97 Å². The van der Waals surface area contributed by atoms with Crippen LogP contribution in [0.15, 0.2) is 6.20 Å². The van der Waals surface area contributed by atoms with E-state index in [9.17, 15) is 4.79 Å². The molecule has 76 valence electrons. The van der Waals surface area contributed by atoms with Crippen molar-refractivity contribution < 1.29 is 9.90 Å². The first-order valence-corrected chi connectivity index (χ1v) is 4.63. The van der Waals surface area contributed by atoms with E-state index < -0.39 is 5.97 Å². The molecule has 1 N–H and O–H groups in total. The van der Waals surface area contributed by atoms with Crippen LogP contribution >= 0.6 is 11.6 Å². The van der Waals surface area contributed by atoms with Crippen LogP contribution in [0.1, 0.15) is 29.9 Å². The van der Waals surface area contributed by atoms with E-state index in [1.54, 1.807) is 0 Å². The summed E-state index contributed by atoms with van der Waals surface area (Å²) in [6.45, 7) is 3.98. The molecule has 0 amide bonds. The van der Waals surface area contributed by atoms with E-state index in [4.69, 9.17) is 16.7 Å². The first kappa shape index (κ1) is 10.9. The third kappa shape index (κ3) is 2.67. The molecule has 0 aliphatic carbocycles. The van der Waals surface area contributed by atoms with Crippen LogP contribution < -0.4 is 0 Å². The Labute approximate surface area is 87.0 Å². The summed E-state index contributed by atoms with van der Waals surface area (Å²) in [6.07, 6.45) is 1.83. The van der Waals surface area contributed by atoms with Crippen molar-refractivity contribution in [3.63, 3.8) is 0 Å². The van der Waals surface area contributed by atoms with Crippen molar-refractivity contribution in [1.29, 1.82) is 0 Å². The fourth-order valence-corrected chi connectivity index (χ4v) is 1.26. The Morgan fingerprint density at radius 3 is 2.79 bits per heavy atom. The summed E-state index contributed by atoms with van der Waals surface area (Å²) in [5, 5.41) is 8.93. The van der Waals surface area contributed by atoms with Crippen LogP contribution in [0.3, 0.4) is 0 Å². The van der Waals surface area contributed by atoms with Crippen LogP contribution in [0, 0.1) is 5.92 Å². The zero-order valence-electron chi connectivity index (χ0n) is 7.99. The Bertz CT molecular complexity index is 353. The highest BCUT2D eigenvalue weighted by Crippen LogP contribution is 2.13. The normalized spacial score (nSPS) is 10.6. The summed E-state index contributed by atoms with van der Waals surface area (Å²) in [7, 11) is 0. The van der Waals surface area contributed by atoms with Gasteiger partial charge in [0.15, 0.2) is 0 Å². The van der Waals surface area contributed by atoms with Gasteiger partial charge < -0.3 is 5.11 Å². The molecule has 0 saturated carbocycles. The van der Waals surface area contributed by atoms with Gasteiger partial charge in [-0.3, -0.25) is 0 Å². The first-order valence-electron chi connectivity index (χ1n) is 4.25. The topological polar surface area (TPSA) is 63.1 Å². The molecule has 14 heavy (non-hydrogen) atoms. The van der Waals surface area contributed by atoms with Crippen LogP contribution in [0.5, 0.6) is 0 Å². The molecule has 1 rings (SSSR count). The van der Waals surface area contributed by atoms with Crippen molar-refractivity contribution in [2.75, 3.05) is 0 Å². The van der Waals surface area contributed by atoms with E-state index in [-0.39, 0.29) is 10.8 Å². The average molecular weight is 215 g/mol. The Hall–Kier alpha value is -1.16. The minimum Gasteiger partial charge on any atom is -0.478 e. The van der Waals surface area contributed by atoms with Crippen LogP contribution in [0.4, 0.5) is 0 Å². The highest BCUT2D eigenvalue weighted by Gasteiger charge is 2.13. The van der Waals surface area contributed by atoms with Gasteiger partial charge in [-0.25, -0.2) is 14.8 Å². The molecule has 0 unspecified atom stereocenters. The lowest BCUT2D eigenvalue weighted by Gasteiger charge is -2.06. The van der Waals surface area contributed by atoms with Crippen LogP contribution in [0.2, 0.25) is 5.28 Å². The Kier molecular flexibility index (Phi) is 3.41. The quantitative estimate of drug-likeness (QED) is 0.782. The second-order valence-electron chi connectivity index (χ2n) is 3.40. The molecule has 0 aliphatic heterocycles. The van der Waals surface area contributed by atoms with E-state index >= 15 is 0 Å². The minimum atomic E-state index is -1.02. The molecule has 1 heterocycles. The van der Waals surface area contributed by atoms with E-state index in [0.717, 1.165) is 0 Å². The first-order chi connectivity index (χ1) is 6.50. The summed E-state index contributed by atoms with van der Waals surface area (Å²) < 4.78 is 0. The molecule has 0 radical (unpaired) electrons. The number of aromatic carboxylic acids is 1. The number of carbonyl (C=O) groups is 1. The van der Waals surface area contributed by atoms with Crippen molar-refractivity contribution in [2.45, 2.75) is 20.3 Å². The molecule has 0 bridgehead atoms.